The number of carbonyl (C=O) groups excluding carboxylic acids is 2. The third-order valence-corrected chi connectivity index (χ3v) is 11.9. The molecule has 6 aliphatic rings. The van der Waals surface area contributed by atoms with Crippen molar-refractivity contribution in [3.8, 4) is 0 Å². The molecule has 4 saturated carbocycles. The molecule has 190 valence electrons. The lowest BCUT2D eigenvalue weighted by atomic mass is 9.44. The Labute approximate surface area is 205 Å². The molecule has 6 rings (SSSR count). The van der Waals surface area contributed by atoms with Crippen molar-refractivity contribution in [3.63, 3.8) is 0 Å². The van der Waals surface area contributed by atoms with Crippen LogP contribution in [-0.2, 0) is 23.8 Å². The van der Waals surface area contributed by atoms with E-state index in [2.05, 4.69) is 27.7 Å². The van der Waals surface area contributed by atoms with E-state index >= 15 is 0 Å². The summed E-state index contributed by atoms with van der Waals surface area (Å²) in [5.74, 6) is 2.86. The van der Waals surface area contributed by atoms with Gasteiger partial charge in [-0.15, -0.1) is 0 Å². The first-order valence-electron chi connectivity index (χ1n) is 14.1. The third kappa shape index (κ3) is 3.17. The summed E-state index contributed by atoms with van der Waals surface area (Å²) in [5.41, 5.74) is -0.0425. The highest BCUT2D eigenvalue weighted by molar-refractivity contribution is 5.84. The van der Waals surface area contributed by atoms with Gasteiger partial charge in [-0.2, -0.15) is 0 Å². The number of carbonyl (C=O) groups is 2. The van der Waals surface area contributed by atoms with Gasteiger partial charge in [0.2, 0.25) is 0 Å². The molecule has 0 bridgehead atoms. The molecule has 0 aromatic carbocycles. The molecule has 1 spiro atoms. The van der Waals surface area contributed by atoms with Crippen molar-refractivity contribution in [3.05, 3.63) is 0 Å². The first-order chi connectivity index (χ1) is 16.1. The molecule has 2 saturated heterocycles. The Morgan fingerprint density at radius 2 is 1.82 bits per heavy atom. The second-order valence-corrected chi connectivity index (χ2v) is 13.7. The number of ketones is 1. The minimum absolute atomic E-state index is 0.00536. The molecule has 12 atom stereocenters. The predicted octanol–water partition coefficient (Wildman–Crippen LogP) is 5.54. The maximum atomic E-state index is 14.1. The van der Waals surface area contributed by atoms with Gasteiger partial charge in [-0.05, 0) is 85.4 Å². The second kappa shape index (κ2) is 7.78. The summed E-state index contributed by atoms with van der Waals surface area (Å²) >= 11 is 0. The van der Waals surface area contributed by atoms with Gasteiger partial charge in [0.15, 0.2) is 5.79 Å². The number of hydrogen-bond acceptors (Lipinski definition) is 5. The second-order valence-electron chi connectivity index (χ2n) is 13.7. The van der Waals surface area contributed by atoms with E-state index < -0.39 is 5.79 Å². The van der Waals surface area contributed by atoms with Crippen LogP contribution in [0.2, 0.25) is 0 Å². The monoisotopic (exact) mass is 472 g/mol. The molecule has 34 heavy (non-hydrogen) atoms. The van der Waals surface area contributed by atoms with Crippen molar-refractivity contribution in [1.29, 1.82) is 0 Å². The lowest BCUT2D eigenvalue weighted by molar-refractivity contribution is -0.272. The fourth-order valence-electron chi connectivity index (χ4n) is 10.5. The normalized spacial score (nSPS) is 56.4. The zero-order chi connectivity index (χ0) is 24.0. The first-order valence-corrected chi connectivity index (χ1v) is 14.1. The molecular formula is C29H44O5. The van der Waals surface area contributed by atoms with E-state index in [-0.39, 0.29) is 34.9 Å². The largest absolute Gasteiger partial charge is 0.463 e. The van der Waals surface area contributed by atoms with Gasteiger partial charge < -0.3 is 14.2 Å². The highest BCUT2D eigenvalue weighted by Crippen LogP contribution is 2.70. The number of hydrogen-bond donors (Lipinski definition) is 0. The topological polar surface area (TPSA) is 61.8 Å². The van der Waals surface area contributed by atoms with Gasteiger partial charge in [-0.25, -0.2) is 0 Å². The van der Waals surface area contributed by atoms with Gasteiger partial charge in [0, 0.05) is 31.6 Å². The Bertz CT molecular complexity index is 861. The van der Waals surface area contributed by atoms with Crippen molar-refractivity contribution in [1.82, 2.24) is 0 Å². The Morgan fingerprint density at radius 1 is 1.06 bits per heavy atom. The number of rotatable bonds is 1. The smallest absolute Gasteiger partial charge is 0.302 e. The van der Waals surface area contributed by atoms with Crippen LogP contribution in [0.3, 0.4) is 0 Å². The fourth-order valence-corrected chi connectivity index (χ4v) is 10.5. The fraction of sp³-hybridized carbons (Fsp3) is 0.931. The van der Waals surface area contributed by atoms with E-state index in [4.69, 9.17) is 14.2 Å². The van der Waals surface area contributed by atoms with E-state index in [0.29, 0.717) is 47.7 Å². The summed E-state index contributed by atoms with van der Waals surface area (Å²) in [5, 5.41) is 0. The van der Waals surface area contributed by atoms with E-state index in [1.54, 1.807) is 0 Å². The van der Waals surface area contributed by atoms with E-state index in [1.165, 1.54) is 19.8 Å². The minimum Gasteiger partial charge on any atom is -0.463 e. The standard InChI is InChI=1S/C29H44O5/c1-16-10-11-29(32-15-16)17(2)25-24(34-29)12-22-21-9-7-19-6-8-20(33-18(3)30)13-27(19,4)26(21)23(31)14-28(22,25)5/h16-17,19-22,24-26H,6-15H2,1-5H3/t16?,17-,19?,20?,21-,22-,24-,25-,26+,27-,28-,29+/m0/s1. The minimum atomic E-state index is -0.431. The van der Waals surface area contributed by atoms with Crippen LogP contribution in [0.25, 0.3) is 0 Å². The van der Waals surface area contributed by atoms with Crippen LogP contribution in [-0.4, -0.2) is 36.4 Å². The molecule has 0 aromatic rings. The average molecular weight is 473 g/mol. The number of ether oxygens (including phenoxy) is 3. The molecule has 2 aliphatic heterocycles. The highest BCUT2D eigenvalue weighted by atomic mass is 16.7. The van der Waals surface area contributed by atoms with Crippen LogP contribution in [0.5, 0.6) is 0 Å². The van der Waals surface area contributed by atoms with Gasteiger partial charge in [-0.3, -0.25) is 9.59 Å². The SMILES string of the molecule is CC(=O)OC1CCC2CC[C@H]3[C@@H]4C[C@@H]5O[C@]6(CCC(C)CO6)[C@@H](C)[C@@H]5[C@@]4(C)CC(=O)[C@@H]3[C@@]2(C)C1. The number of fused-ring (bicyclic) bond motifs is 7. The molecular weight excluding hydrogens is 428 g/mol. The summed E-state index contributed by atoms with van der Waals surface area (Å²) in [6, 6.07) is 0. The Balaban J connectivity index is 1.28. The zero-order valence-electron chi connectivity index (χ0n) is 21.8. The Morgan fingerprint density at radius 3 is 2.53 bits per heavy atom. The molecule has 0 N–H and O–H groups in total. The molecule has 6 fully saturated rings. The summed E-state index contributed by atoms with van der Waals surface area (Å²) in [7, 11) is 0. The van der Waals surface area contributed by atoms with Crippen LogP contribution in [0.4, 0.5) is 0 Å². The van der Waals surface area contributed by atoms with E-state index in [1.807, 2.05) is 0 Å². The van der Waals surface area contributed by atoms with Crippen molar-refractivity contribution >= 4 is 11.8 Å². The van der Waals surface area contributed by atoms with Crippen molar-refractivity contribution in [2.24, 2.45) is 52.3 Å². The van der Waals surface area contributed by atoms with Crippen molar-refractivity contribution in [2.45, 2.75) is 110 Å². The van der Waals surface area contributed by atoms with E-state index in [9.17, 15) is 9.59 Å². The van der Waals surface area contributed by atoms with Crippen LogP contribution in [0.15, 0.2) is 0 Å². The number of Topliss-reactive ketones (excluding diaryl/α,β-unsaturated/α-hetero) is 1. The Hall–Kier alpha value is -0.940. The van der Waals surface area contributed by atoms with Gasteiger partial charge in [0.1, 0.15) is 11.9 Å². The average Bonchev–Trinajstić information content (AvgIpc) is 3.19. The molecule has 3 unspecified atom stereocenters. The predicted molar refractivity (Wildman–Crippen MR) is 128 cm³/mol. The summed E-state index contributed by atoms with van der Waals surface area (Å²) in [4.78, 5) is 25.8. The van der Waals surface area contributed by atoms with E-state index in [0.717, 1.165) is 45.1 Å². The maximum Gasteiger partial charge on any atom is 0.302 e. The molecule has 5 nitrogen and oxygen atoms in total. The van der Waals surface area contributed by atoms with Gasteiger partial charge in [-0.1, -0.05) is 27.7 Å². The maximum absolute atomic E-state index is 14.1. The molecule has 0 amide bonds. The van der Waals surface area contributed by atoms with Crippen molar-refractivity contribution < 1.29 is 23.8 Å². The van der Waals surface area contributed by atoms with Crippen molar-refractivity contribution in [2.75, 3.05) is 6.61 Å². The zero-order valence-corrected chi connectivity index (χ0v) is 21.8. The lowest BCUT2D eigenvalue weighted by Crippen LogP contribution is -2.59. The molecule has 2 heterocycles. The summed E-state index contributed by atoms with van der Waals surface area (Å²) < 4.78 is 19.0. The lowest BCUT2D eigenvalue weighted by Gasteiger charge is -2.60. The molecule has 0 aromatic heterocycles. The van der Waals surface area contributed by atoms with Crippen LogP contribution in [0, 0.1) is 52.3 Å². The van der Waals surface area contributed by atoms with Crippen LogP contribution in [0.1, 0.15) is 92.4 Å². The van der Waals surface area contributed by atoms with Crippen LogP contribution < -0.4 is 0 Å². The quantitative estimate of drug-likeness (QED) is 0.469. The summed E-state index contributed by atoms with van der Waals surface area (Å²) in [6.45, 7) is 11.7. The third-order valence-electron chi connectivity index (χ3n) is 11.9. The van der Waals surface area contributed by atoms with Gasteiger partial charge >= 0.3 is 5.97 Å². The summed E-state index contributed by atoms with van der Waals surface area (Å²) in [6.07, 6.45) is 9.35. The molecule has 5 heteroatoms. The number of esters is 1. The first kappa shape index (κ1) is 23.5. The molecule has 4 aliphatic carbocycles. The molecule has 0 radical (unpaired) electrons. The van der Waals surface area contributed by atoms with Crippen LogP contribution >= 0.6 is 0 Å². The van der Waals surface area contributed by atoms with Gasteiger partial charge in [0.25, 0.3) is 0 Å². The Kier molecular flexibility index (Phi) is 5.37. The highest BCUT2D eigenvalue weighted by Gasteiger charge is 2.70. The van der Waals surface area contributed by atoms with Gasteiger partial charge in [0.05, 0.1) is 12.7 Å².